The molecule has 0 aliphatic rings. The molecule has 0 unspecified atom stereocenters. The van der Waals surface area contributed by atoms with Crippen molar-refractivity contribution in [1.82, 2.24) is 40.4 Å². The number of hydrogen-bond acceptors (Lipinski definition) is 8. The van der Waals surface area contributed by atoms with Gasteiger partial charge in [0.15, 0.2) is 5.82 Å². The molecule has 0 radical (unpaired) electrons. The molecule has 11 heteroatoms. The van der Waals surface area contributed by atoms with Crippen molar-refractivity contribution >= 4 is 0 Å². The van der Waals surface area contributed by atoms with Crippen LogP contribution >= 0.6 is 0 Å². The summed E-state index contributed by atoms with van der Waals surface area (Å²) in [6.07, 6.45) is 1.69. The van der Waals surface area contributed by atoms with E-state index in [1.54, 1.807) is 37.5 Å². The highest BCUT2D eigenvalue weighted by Gasteiger charge is 2.15. The van der Waals surface area contributed by atoms with E-state index in [1.807, 2.05) is 0 Å². The van der Waals surface area contributed by atoms with Crippen LogP contribution in [0.2, 0.25) is 0 Å². The van der Waals surface area contributed by atoms with Crippen LogP contribution in [-0.2, 0) is 6.61 Å². The summed E-state index contributed by atoms with van der Waals surface area (Å²) in [5, 5.41) is 23.7. The molecule has 0 saturated heterocycles. The number of aromatic nitrogens is 8. The molecule has 0 aliphatic carbocycles. The normalized spacial score (nSPS) is 11.0. The smallest absolute Gasteiger partial charge is 0.265 e. The maximum absolute atomic E-state index is 12.7. The summed E-state index contributed by atoms with van der Waals surface area (Å²) in [6, 6.07) is 7.97. The lowest BCUT2D eigenvalue weighted by Gasteiger charge is -2.09. The molecular weight excluding hydrogens is 382 g/mol. The van der Waals surface area contributed by atoms with Crippen LogP contribution < -0.4 is 4.74 Å². The zero-order valence-electron chi connectivity index (χ0n) is 15.1. The molecule has 0 saturated carbocycles. The van der Waals surface area contributed by atoms with Crippen molar-refractivity contribution in [3.8, 4) is 23.0 Å². The summed E-state index contributed by atoms with van der Waals surface area (Å²) in [4.78, 5) is 4.03. The Balaban J connectivity index is 1.50. The Morgan fingerprint density at radius 3 is 2.55 bits per heavy atom. The van der Waals surface area contributed by atoms with E-state index in [1.165, 1.54) is 16.8 Å². The van der Waals surface area contributed by atoms with Gasteiger partial charge in [0.25, 0.3) is 6.43 Å². The summed E-state index contributed by atoms with van der Waals surface area (Å²) >= 11 is 0. The number of nitrogens with zero attached hydrogens (tertiary/aromatic N) is 8. The Kier molecular flexibility index (Phi) is 5.10. The van der Waals surface area contributed by atoms with E-state index in [9.17, 15) is 8.78 Å². The van der Waals surface area contributed by atoms with E-state index >= 15 is 0 Å². The minimum absolute atomic E-state index is 0.0992. The first-order valence-electron chi connectivity index (χ1n) is 8.51. The summed E-state index contributed by atoms with van der Waals surface area (Å²) in [5.41, 5.74) is 2.50. The van der Waals surface area contributed by atoms with Crippen LogP contribution in [0.15, 0.2) is 48.9 Å². The Morgan fingerprint density at radius 2 is 1.90 bits per heavy atom. The molecule has 0 aliphatic heterocycles. The molecule has 0 bridgehead atoms. The van der Waals surface area contributed by atoms with Gasteiger partial charge in [0, 0.05) is 23.4 Å². The molecule has 4 aromatic heterocycles. The molecule has 0 atom stereocenters. The second-order valence-electron chi connectivity index (χ2n) is 5.96. The van der Waals surface area contributed by atoms with Crippen molar-refractivity contribution in [2.24, 2.45) is 0 Å². The fourth-order valence-corrected chi connectivity index (χ4v) is 2.51. The number of aryl methyl sites for hydroxylation is 1. The van der Waals surface area contributed by atoms with E-state index in [4.69, 9.17) is 4.74 Å². The molecule has 0 N–H and O–H groups in total. The Bertz CT molecular complexity index is 1090. The zero-order valence-corrected chi connectivity index (χ0v) is 15.1. The number of halogens is 2. The number of pyridine rings is 1. The van der Waals surface area contributed by atoms with Crippen LogP contribution in [0.25, 0.3) is 17.1 Å². The first-order chi connectivity index (χ1) is 14.1. The van der Waals surface area contributed by atoms with Gasteiger partial charge in [-0.3, -0.25) is 0 Å². The van der Waals surface area contributed by atoms with Gasteiger partial charge in [-0.05, 0) is 31.2 Å². The topological polar surface area (TPSA) is 104 Å². The molecule has 29 heavy (non-hydrogen) atoms. The van der Waals surface area contributed by atoms with E-state index in [0.717, 1.165) is 11.8 Å². The van der Waals surface area contributed by atoms with E-state index < -0.39 is 6.43 Å². The Hall–Kier alpha value is -3.89. The predicted octanol–water partition coefficient (Wildman–Crippen LogP) is 2.73. The molecule has 0 aromatic carbocycles. The van der Waals surface area contributed by atoms with Crippen LogP contribution in [0.5, 0.6) is 5.88 Å². The maximum atomic E-state index is 12.7. The summed E-state index contributed by atoms with van der Waals surface area (Å²) in [5.74, 6) is 0.671. The van der Waals surface area contributed by atoms with Crippen LogP contribution in [0.3, 0.4) is 0 Å². The highest BCUT2D eigenvalue weighted by atomic mass is 19.3. The van der Waals surface area contributed by atoms with Crippen molar-refractivity contribution in [2.75, 3.05) is 0 Å². The van der Waals surface area contributed by atoms with Crippen LogP contribution in [0, 0.1) is 6.92 Å². The number of ether oxygens (including phenoxy) is 1. The fraction of sp³-hybridized carbons (Fsp3) is 0.167. The van der Waals surface area contributed by atoms with Crippen molar-refractivity contribution in [1.29, 1.82) is 0 Å². The molecule has 9 nitrogen and oxygen atoms in total. The number of rotatable bonds is 6. The maximum Gasteiger partial charge on any atom is 0.265 e. The third-order valence-corrected chi connectivity index (χ3v) is 4.07. The van der Waals surface area contributed by atoms with Crippen LogP contribution in [0.1, 0.15) is 23.4 Å². The Morgan fingerprint density at radius 1 is 1.00 bits per heavy atom. The second-order valence-corrected chi connectivity index (χ2v) is 5.96. The first kappa shape index (κ1) is 18.5. The largest absolute Gasteiger partial charge is 0.470 e. The van der Waals surface area contributed by atoms with Crippen molar-refractivity contribution in [3.63, 3.8) is 0 Å². The minimum atomic E-state index is -2.58. The summed E-state index contributed by atoms with van der Waals surface area (Å²) < 4.78 is 32.6. The quantitative estimate of drug-likeness (QED) is 0.490. The molecule has 146 valence electrons. The van der Waals surface area contributed by atoms with Crippen LogP contribution in [0.4, 0.5) is 8.78 Å². The molecule has 4 aromatic rings. The summed E-state index contributed by atoms with van der Waals surface area (Å²) in [6.45, 7) is 1.86. The van der Waals surface area contributed by atoms with Gasteiger partial charge in [-0.1, -0.05) is 5.21 Å². The minimum Gasteiger partial charge on any atom is -0.470 e. The lowest BCUT2D eigenvalue weighted by atomic mass is 10.2. The first-order valence-corrected chi connectivity index (χ1v) is 8.51. The van der Waals surface area contributed by atoms with E-state index in [0.29, 0.717) is 28.8 Å². The van der Waals surface area contributed by atoms with Crippen molar-refractivity contribution < 1.29 is 13.5 Å². The van der Waals surface area contributed by atoms with Gasteiger partial charge >= 0.3 is 0 Å². The third-order valence-electron chi connectivity index (χ3n) is 4.07. The second kappa shape index (κ2) is 8.00. The molecule has 4 rings (SSSR count). The van der Waals surface area contributed by atoms with Crippen molar-refractivity contribution in [2.45, 2.75) is 20.0 Å². The lowest BCUT2D eigenvalue weighted by Crippen LogP contribution is -2.09. The van der Waals surface area contributed by atoms with Crippen LogP contribution in [-0.4, -0.2) is 40.4 Å². The molecular formula is C18H14F2N8O. The van der Waals surface area contributed by atoms with E-state index in [2.05, 4.69) is 35.7 Å². The van der Waals surface area contributed by atoms with Gasteiger partial charge in [-0.25, -0.2) is 13.8 Å². The molecule has 0 fully saturated rings. The predicted molar refractivity (Wildman–Crippen MR) is 96.2 cm³/mol. The fourth-order valence-electron chi connectivity index (χ4n) is 2.51. The highest BCUT2D eigenvalue weighted by molar-refractivity contribution is 5.56. The van der Waals surface area contributed by atoms with Gasteiger partial charge in [0.2, 0.25) is 5.88 Å². The number of alkyl halides is 2. The monoisotopic (exact) mass is 396 g/mol. The Labute approximate surface area is 163 Å². The lowest BCUT2D eigenvalue weighted by molar-refractivity contribution is 0.151. The SMILES string of the molecule is Cc1nnn(-c2ccc(C(F)F)cn2)c1COc1ccc(-c2ccnnc2)nn1. The third kappa shape index (κ3) is 4.03. The van der Waals surface area contributed by atoms with Gasteiger partial charge in [-0.2, -0.15) is 14.9 Å². The number of hydrogen-bond donors (Lipinski definition) is 0. The average Bonchev–Trinajstić information content (AvgIpc) is 3.13. The standard InChI is InChI=1S/C18H14F2N8O/c1-11-15(28(27-24-11)16-4-2-13(8-21-16)18(19)20)10-29-17-5-3-14(25-26-17)12-6-7-22-23-9-12/h2-9,18H,10H2,1H3. The van der Waals surface area contributed by atoms with Gasteiger partial charge in [0.05, 0.1) is 23.8 Å². The van der Waals surface area contributed by atoms with E-state index in [-0.39, 0.29) is 12.2 Å². The molecule has 4 heterocycles. The van der Waals surface area contributed by atoms with Gasteiger partial charge in [-0.15, -0.1) is 15.3 Å². The molecule has 0 amide bonds. The average molecular weight is 396 g/mol. The van der Waals surface area contributed by atoms with Crippen molar-refractivity contribution in [3.05, 3.63) is 65.9 Å². The zero-order chi connectivity index (χ0) is 20.2. The van der Waals surface area contributed by atoms with Gasteiger partial charge < -0.3 is 4.74 Å². The van der Waals surface area contributed by atoms with Gasteiger partial charge in [0.1, 0.15) is 12.3 Å². The molecule has 0 spiro atoms. The highest BCUT2D eigenvalue weighted by Crippen LogP contribution is 2.20. The summed E-state index contributed by atoms with van der Waals surface area (Å²) in [7, 11) is 0.